The third kappa shape index (κ3) is 5.18. The number of carbonyl (C=O) groups excluding carboxylic acids is 1. The van der Waals surface area contributed by atoms with Crippen LogP contribution in [0.25, 0.3) is 5.57 Å². The standard InChI is InChI=1S/C27H26ClNO5/c1-16-12-20(13-17(2)25(16)28)33-11-5-8-22-21-7-4-3-6-18(21)14-23(22)26(30)29-15-19-9-10-24(34-19)27(31)32/h3-4,6-7,9-10,12-13H,5,8,11,14-15H2,1-2H3,(H,29,30)(H,31,32). The molecule has 1 heterocycles. The van der Waals surface area contributed by atoms with E-state index in [1.54, 1.807) is 6.07 Å². The molecule has 6 nitrogen and oxygen atoms in total. The lowest BCUT2D eigenvalue weighted by atomic mass is 10.0. The van der Waals surface area contributed by atoms with Gasteiger partial charge in [0.1, 0.15) is 11.5 Å². The number of benzene rings is 2. The van der Waals surface area contributed by atoms with Gasteiger partial charge in [0.05, 0.1) is 13.2 Å². The van der Waals surface area contributed by atoms with Crippen LogP contribution in [0.5, 0.6) is 5.75 Å². The van der Waals surface area contributed by atoms with Crippen LogP contribution in [0.3, 0.4) is 0 Å². The van der Waals surface area contributed by atoms with Crippen LogP contribution in [0, 0.1) is 13.8 Å². The second-order valence-corrected chi connectivity index (χ2v) is 8.75. The van der Waals surface area contributed by atoms with Gasteiger partial charge >= 0.3 is 5.97 Å². The third-order valence-corrected chi connectivity index (χ3v) is 6.49. The SMILES string of the molecule is Cc1cc(OCCCC2=C(C(=O)NCc3ccc(C(=O)O)o3)Cc3ccccc32)cc(C)c1Cl. The van der Waals surface area contributed by atoms with E-state index in [2.05, 4.69) is 5.32 Å². The molecule has 0 saturated heterocycles. The zero-order valence-electron chi connectivity index (χ0n) is 19.1. The second kappa shape index (κ2) is 10.2. The number of aromatic carboxylic acids is 1. The molecule has 2 N–H and O–H groups in total. The summed E-state index contributed by atoms with van der Waals surface area (Å²) in [4.78, 5) is 24.0. The summed E-state index contributed by atoms with van der Waals surface area (Å²) in [5.41, 5.74) is 5.93. The molecule has 0 aliphatic heterocycles. The lowest BCUT2D eigenvalue weighted by Gasteiger charge is -2.12. The molecule has 0 unspecified atom stereocenters. The van der Waals surface area contributed by atoms with Gasteiger partial charge < -0.3 is 19.6 Å². The van der Waals surface area contributed by atoms with Crippen LogP contribution in [0.1, 0.15) is 51.4 Å². The molecule has 1 aromatic heterocycles. The fourth-order valence-electron chi connectivity index (χ4n) is 4.22. The molecule has 1 aliphatic rings. The van der Waals surface area contributed by atoms with Crippen LogP contribution in [0.2, 0.25) is 5.02 Å². The first-order valence-corrected chi connectivity index (χ1v) is 11.5. The fourth-order valence-corrected chi connectivity index (χ4v) is 4.33. The zero-order valence-corrected chi connectivity index (χ0v) is 19.9. The van der Waals surface area contributed by atoms with Gasteiger partial charge in [0.2, 0.25) is 11.7 Å². The number of furan rings is 1. The molecule has 0 bridgehead atoms. The first kappa shape index (κ1) is 23.6. The number of nitrogens with one attached hydrogen (secondary N) is 1. The van der Waals surface area contributed by atoms with Crippen molar-refractivity contribution in [2.75, 3.05) is 6.61 Å². The highest BCUT2D eigenvalue weighted by Crippen LogP contribution is 2.36. The first-order valence-electron chi connectivity index (χ1n) is 11.1. The van der Waals surface area contributed by atoms with Crippen molar-refractivity contribution in [2.45, 2.75) is 39.7 Å². The summed E-state index contributed by atoms with van der Waals surface area (Å²) in [5.74, 6) is -0.282. The number of hydrogen-bond acceptors (Lipinski definition) is 4. The Bertz CT molecular complexity index is 1250. The van der Waals surface area contributed by atoms with Crippen molar-refractivity contribution in [3.05, 3.63) is 92.9 Å². The van der Waals surface area contributed by atoms with E-state index in [1.807, 2.05) is 50.2 Å². The predicted molar refractivity (Wildman–Crippen MR) is 130 cm³/mol. The van der Waals surface area contributed by atoms with Gasteiger partial charge in [-0.2, -0.15) is 0 Å². The molecule has 176 valence electrons. The van der Waals surface area contributed by atoms with E-state index in [0.29, 0.717) is 25.2 Å². The number of ether oxygens (including phenoxy) is 1. The molecule has 7 heteroatoms. The molecule has 34 heavy (non-hydrogen) atoms. The number of carbonyl (C=O) groups is 2. The molecule has 4 rings (SSSR count). The van der Waals surface area contributed by atoms with Crippen molar-refractivity contribution >= 4 is 29.1 Å². The van der Waals surface area contributed by atoms with Crippen molar-refractivity contribution in [2.24, 2.45) is 0 Å². The molecule has 0 saturated carbocycles. The Morgan fingerprint density at radius 1 is 1.12 bits per heavy atom. The Hall–Kier alpha value is -3.51. The molecule has 0 fully saturated rings. The third-order valence-electron chi connectivity index (χ3n) is 5.89. The maximum atomic E-state index is 13.0. The first-order chi connectivity index (χ1) is 16.3. The van der Waals surface area contributed by atoms with E-state index < -0.39 is 5.97 Å². The minimum Gasteiger partial charge on any atom is -0.494 e. The van der Waals surface area contributed by atoms with Gasteiger partial charge in [-0.25, -0.2) is 4.79 Å². The molecule has 0 spiro atoms. The van der Waals surface area contributed by atoms with Crippen molar-refractivity contribution in [1.29, 1.82) is 0 Å². The van der Waals surface area contributed by atoms with E-state index in [1.165, 1.54) is 6.07 Å². The van der Waals surface area contributed by atoms with Crippen LogP contribution in [-0.2, 0) is 17.8 Å². The van der Waals surface area contributed by atoms with Gasteiger partial charge in [-0.3, -0.25) is 4.79 Å². The van der Waals surface area contributed by atoms with E-state index in [-0.39, 0.29) is 18.2 Å². The summed E-state index contributed by atoms with van der Waals surface area (Å²) < 4.78 is 11.2. The van der Waals surface area contributed by atoms with E-state index in [4.69, 9.17) is 25.9 Å². The average molecular weight is 480 g/mol. The summed E-state index contributed by atoms with van der Waals surface area (Å²) in [6.07, 6.45) is 2.02. The Morgan fingerprint density at radius 2 is 1.85 bits per heavy atom. The van der Waals surface area contributed by atoms with Gasteiger partial charge in [-0.15, -0.1) is 0 Å². The quantitative estimate of drug-likeness (QED) is 0.382. The maximum Gasteiger partial charge on any atom is 0.371 e. The molecule has 0 radical (unpaired) electrons. The number of rotatable bonds is 9. The number of aryl methyl sites for hydroxylation is 2. The number of carboxylic acid groups (broad SMARTS) is 1. The smallest absolute Gasteiger partial charge is 0.371 e. The Balaban J connectivity index is 1.42. The van der Waals surface area contributed by atoms with Gasteiger partial charge in [0.25, 0.3) is 0 Å². The summed E-state index contributed by atoms with van der Waals surface area (Å²) in [6.45, 7) is 4.56. The highest BCUT2D eigenvalue weighted by molar-refractivity contribution is 6.32. The van der Waals surface area contributed by atoms with Gasteiger partial charge in [-0.05, 0) is 78.8 Å². The monoisotopic (exact) mass is 479 g/mol. The number of hydrogen-bond donors (Lipinski definition) is 2. The Morgan fingerprint density at radius 3 is 2.56 bits per heavy atom. The number of fused-ring (bicyclic) bond motifs is 1. The van der Waals surface area contributed by atoms with Crippen LogP contribution in [0.15, 0.2) is 58.5 Å². The minimum absolute atomic E-state index is 0.123. The lowest BCUT2D eigenvalue weighted by Crippen LogP contribution is -2.25. The second-order valence-electron chi connectivity index (χ2n) is 8.37. The number of halogens is 1. The highest BCUT2D eigenvalue weighted by Gasteiger charge is 2.25. The van der Waals surface area contributed by atoms with Crippen LogP contribution >= 0.6 is 11.6 Å². The lowest BCUT2D eigenvalue weighted by molar-refractivity contribution is -0.117. The normalized spacial score (nSPS) is 12.6. The number of allylic oxidation sites excluding steroid dienone is 1. The summed E-state index contributed by atoms with van der Waals surface area (Å²) in [6, 6.07) is 14.8. The highest BCUT2D eigenvalue weighted by atomic mass is 35.5. The van der Waals surface area contributed by atoms with Crippen LogP contribution in [0.4, 0.5) is 0 Å². The van der Waals surface area contributed by atoms with E-state index in [0.717, 1.165) is 50.6 Å². The Labute approximate surface area is 203 Å². The van der Waals surface area contributed by atoms with Crippen molar-refractivity contribution < 1.29 is 23.8 Å². The van der Waals surface area contributed by atoms with E-state index >= 15 is 0 Å². The molecular formula is C27H26ClNO5. The minimum atomic E-state index is -1.14. The van der Waals surface area contributed by atoms with Crippen molar-refractivity contribution in [3.63, 3.8) is 0 Å². The van der Waals surface area contributed by atoms with Gasteiger partial charge in [0, 0.05) is 17.0 Å². The number of carboxylic acids is 1. The Kier molecular flexibility index (Phi) is 7.08. The van der Waals surface area contributed by atoms with Crippen LogP contribution < -0.4 is 10.1 Å². The molecule has 3 aromatic rings. The fraction of sp³-hybridized carbons (Fsp3) is 0.259. The molecule has 2 aromatic carbocycles. The molecular weight excluding hydrogens is 454 g/mol. The molecule has 0 atom stereocenters. The van der Waals surface area contributed by atoms with Crippen molar-refractivity contribution in [3.8, 4) is 5.75 Å². The predicted octanol–water partition coefficient (Wildman–Crippen LogP) is 5.73. The summed E-state index contributed by atoms with van der Waals surface area (Å²) in [7, 11) is 0. The zero-order chi connectivity index (χ0) is 24.2. The average Bonchev–Trinajstić information content (AvgIpc) is 3.44. The van der Waals surface area contributed by atoms with Gasteiger partial charge in [0.15, 0.2) is 0 Å². The topological polar surface area (TPSA) is 88.8 Å². The molecule has 1 amide bonds. The summed E-state index contributed by atoms with van der Waals surface area (Å²) >= 11 is 6.24. The molecule has 1 aliphatic carbocycles. The van der Waals surface area contributed by atoms with Crippen LogP contribution in [-0.4, -0.2) is 23.6 Å². The van der Waals surface area contributed by atoms with Crippen molar-refractivity contribution in [1.82, 2.24) is 5.32 Å². The summed E-state index contributed by atoms with van der Waals surface area (Å²) in [5, 5.41) is 12.6. The van der Waals surface area contributed by atoms with Gasteiger partial charge in [-0.1, -0.05) is 35.9 Å². The maximum absolute atomic E-state index is 13.0. The number of amides is 1. The van der Waals surface area contributed by atoms with E-state index in [9.17, 15) is 9.59 Å². The largest absolute Gasteiger partial charge is 0.494 e.